The molecule has 0 radical (unpaired) electrons. The lowest BCUT2D eigenvalue weighted by molar-refractivity contribution is -0.279. The van der Waals surface area contributed by atoms with Crippen molar-refractivity contribution in [2.75, 3.05) is 6.61 Å². The van der Waals surface area contributed by atoms with E-state index < -0.39 is 66.6 Å². The van der Waals surface area contributed by atoms with Gasteiger partial charge < -0.3 is 28.1 Å². The van der Waals surface area contributed by atoms with Crippen LogP contribution < -0.4 is 0 Å². The Morgan fingerprint density at radius 2 is 1.00 bits per heavy atom. The number of alkyl halides is 3. The summed E-state index contributed by atoms with van der Waals surface area (Å²) in [5.74, 6) is -3.29. The Morgan fingerprint density at radius 3 is 1.37 bits per heavy atom. The van der Waals surface area contributed by atoms with Gasteiger partial charge >= 0.3 is 17.9 Å². The van der Waals surface area contributed by atoms with Crippen LogP contribution in [0.15, 0.2) is 91.0 Å². The number of hydrogen-bond donors (Lipinski definition) is 1. The second kappa shape index (κ2) is 18.0. The highest BCUT2D eigenvalue weighted by Crippen LogP contribution is 2.43. The lowest BCUT2D eigenvalue weighted by Gasteiger charge is -2.47. The van der Waals surface area contributed by atoms with Crippen molar-refractivity contribution >= 4 is 66.9 Å². The maximum Gasteiger partial charge on any atom is 0.338 e. The third-order valence-corrected chi connectivity index (χ3v) is 15.6. The van der Waals surface area contributed by atoms with Crippen molar-refractivity contribution in [1.29, 1.82) is 5.41 Å². The van der Waals surface area contributed by atoms with Crippen LogP contribution in [0.2, 0.25) is 16.6 Å². The fourth-order valence-corrected chi connectivity index (χ4v) is 12.3. The van der Waals surface area contributed by atoms with E-state index in [1.807, 2.05) is 0 Å². The monoisotopic (exact) mass is 791 g/mol. The molecule has 5 atom stereocenters. The molecule has 3 aromatic carbocycles. The molecule has 10 nitrogen and oxygen atoms in total. The highest BCUT2D eigenvalue weighted by Gasteiger charge is 2.56. The van der Waals surface area contributed by atoms with Crippen LogP contribution in [0.4, 0.5) is 0 Å². The molecule has 0 amide bonds. The van der Waals surface area contributed by atoms with Crippen LogP contribution in [0.3, 0.4) is 0 Å². The smallest absolute Gasteiger partial charge is 0.338 e. The minimum atomic E-state index is -2.58. The molecule has 1 heterocycles. The number of carbonyl (C=O) groups is 3. The predicted molar refractivity (Wildman–Crippen MR) is 202 cm³/mol. The first kappa shape index (κ1) is 41.3. The average Bonchev–Trinajstić information content (AvgIpc) is 3.11. The zero-order valence-corrected chi connectivity index (χ0v) is 33.1. The first-order chi connectivity index (χ1) is 24.6. The minimum absolute atomic E-state index is 0.146. The molecule has 1 aliphatic rings. The van der Waals surface area contributed by atoms with Gasteiger partial charge in [-0.1, -0.05) is 131 Å². The van der Waals surface area contributed by atoms with Crippen molar-refractivity contribution in [3.63, 3.8) is 0 Å². The van der Waals surface area contributed by atoms with E-state index in [0.29, 0.717) is 0 Å². The van der Waals surface area contributed by atoms with Gasteiger partial charge in [0.1, 0.15) is 6.10 Å². The lowest BCUT2D eigenvalue weighted by atomic mass is 9.97. The van der Waals surface area contributed by atoms with Gasteiger partial charge in [0.15, 0.2) is 20.5 Å². The molecule has 0 bridgehead atoms. The van der Waals surface area contributed by atoms with E-state index in [1.54, 1.807) is 78.9 Å². The van der Waals surface area contributed by atoms with Crippen molar-refractivity contribution in [2.24, 2.45) is 0 Å². The van der Waals surface area contributed by atoms with E-state index in [4.69, 9.17) is 68.3 Å². The van der Waals surface area contributed by atoms with Gasteiger partial charge in [0.05, 0.1) is 23.3 Å². The number of rotatable bonds is 13. The Balaban J connectivity index is 1.87. The van der Waals surface area contributed by atoms with Gasteiger partial charge in [-0.25, -0.2) is 14.4 Å². The molecule has 280 valence electrons. The van der Waals surface area contributed by atoms with Crippen molar-refractivity contribution in [2.45, 2.75) is 92.7 Å². The molecule has 52 heavy (non-hydrogen) atoms. The van der Waals surface area contributed by atoms with Gasteiger partial charge in [-0.2, -0.15) is 0 Å². The van der Waals surface area contributed by atoms with Crippen LogP contribution in [0.1, 0.15) is 72.6 Å². The van der Waals surface area contributed by atoms with Gasteiger partial charge in [-0.3, -0.25) is 5.41 Å². The van der Waals surface area contributed by atoms with Crippen LogP contribution in [0.5, 0.6) is 0 Å². The molecule has 0 unspecified atom stereocenters. The molecule has 0 spiro atoms. The summed E-state index contributed by atoms with van der Waals surface area (Å²) in [6.45, 7) is 12.5. The maximum absolute atomic E-state index is 13.8. The summed E-state index contributed by atoms with van der Waals surface area (Å²) in [5.41, 5.74) is 1.02. The Morgan fingerprint density at radius 1 is 0.635 bits per heavy atom. The van der Waals surface area contributed by atoms with Gasteiger partial charge in [0.2, 0.25) is 18.3 Å². The SMILES string of the molecule is CC(C)[Si](OC[C@H]1O[C@H](OC(=N)C(Cl)(Cl)Cl)[C@H](OC(=O)c2ccccc2)[C@@H](OC(=O)c2ccccc2)[C@@H]1OC(=O)c1ccccc1)(C(C)C)C(C)C. The quantitative estimate of drug-likeness (QED) is 0.0450. The summed E-state index contributed by atoms with van der Waals surface area (Å²) in [5, 5.41) is 8.41. The first-order valence-corrected chi connectivity index (χ1v) is 20.2. The fourth-order valence-electron chi connectivity index (χ4n) is 6.72. The van der Waals surface area contributed by atoms with Crippen LogP contribution in [0, 0.1) is 5.41 Å². The Kier molecular flexibility index (Phi) is 14.3. The van der Waals surface area contributed by atoms with Crippen LogP contribution in [-0.4, -0.2) is 73.2 Å². The summed E-state index contributed by atoms with van der Waals surface area (Å²) in [6.07, 6.45) is -7.53. The summed E-state index contributed by atoms with van der Waals surface area (Å²) >= 11 is 18.1. The molecule has 0 aromatic heterocycles. The van der Waals surface area contributed by atoms with Gasteiger partial charge in [-0.05, 0) is 53.0 Å². The third kappa shape index (κ3) is 9.94. The summed E-state index contributed by atoms with van der Waals surface area (Å²) < 4.78 is 35.0. The van der Waals surface area contributed by atoms with E-state index in [0.717, 1.165) is 0 Å². The molecule has 1 saturated heterocycles. The second-order valence-electron chi connectivity index (χ2n) is 13.3. The normalized spacial score (nSPS) is 20.7. The largest absolute Gasteiger partial charge is 0.452 e. The van der Waals surface area contributed by atoms with Gasteiger partial charge in [0, 0.05) is 0 Å². The van der Waals surface area contributed by atoms with Crippen molar-refractivity contribution in [1.82, 2.24) is 0 Å². The van der Waals surface area contributed by atoms with E-state index in [9.17, 15) is 14.4 Å². The number of hydrogen-bond acceptors (Lipinski definition) is 10. The molecular weight excluding hydrogens is 749 g/mol. The highest BCUT2D eigenvalue weighted by atomic mass is 35.6. The number of benzene rings is 3. The number of esters is 3. The second-order valence-corrected chi connectivity index (χ2v) is 21.1. The van der Waals surface area contributed by atoms with Crippen LogP contribution in [-0.2, 0) is 28.1 Å². The number of carbonyl (C=O) groups excluding carboxylic acids is 3. The van der Waals surface area contributed by atoms with Crippen molar-refractivity contribution in [3.8, 4) is 0 Å². The van der Waals surface area contributed by atoms with Gasteiger partial charge in [0.25, 0.3) is 3.79 Å². The molecule has 3 aromatic rings. The first-order valence-electron chi connectivity index (χ1n) is 17.0. The molecule has 1 aliphatic heterocycles. The molecule has 14 heteroatoms. The summed E-state index contributed by atoms with van der Waals surface area (Å²) in [6, 6.07) is 24.4. The molecule has 1 N–H and O–H groups in total. The zero-order valence-electron chi connectivity index (χ0n) is 29.8. The average molecular weight is 793 g/mol. The highest BCUT2D eigenvalue weighted by molar-refractivity contribution is 6.77. The maximum atomic E-state index is 13.8. The topological polar surface area (TPSA) is 130 Å². The van der Waals surface area contributed by atoms with E-state index in [-0.39, 0.29) is 39.9 Å². The van der Waals surface area contributed by atoms with E-state index >= 15 is 0 Å². The van der Waals surface area contributed by atoms with Crippen molar-refractivity contribution < 1.29 is 42.5 Å². The number of halogens is 3. The lowest BCUT2D eigenvalue weighted by Crippen LogP contribution is -2.64. The number of nitrogens with one attached hydrogen (secondary N) is 1. The van der Waals surface area contributed by atoms with Gasteiger partial charge in [-0.15, -0.1) is 0 Å². The molecule has 1 fully saturated rings. The Labute approximate surface area is 320 Å². The third-order valence-electron chi connectivity index (χ3n) is 9.05. The number of ether oxygens (including phenoxy) is 5. The fraction of sp³-hybridized carbons (Fsp3) is 0.421. The van der Waals surface area contributed by atoms with E-state index in [2.05, 4.69) is 41.5 Å². The molecule has 0 saturated carbocycles. The van der Waals surface area contributed by atoms with Crippen LogP contribution in [0.25, 0.3) is 0 Å². The summed E-state index contributed by atoms with van der Waals surface area (Å²) in [4.78, 5) is 41.2. The molecule has 0 aliphatic carbocycles. The predicted octanol–water partition coefficient (Wildman–Crippen LogP) is 8.94. The minimum Gasteiger partial charge on any atom is -0.452 e. The molecule has 4 rings (SSSR count). The van der Waals surface area contributed by atoms with E-state index in [1.165, 1.54) is 12.1 Å². The molecular formula is C38H44Cl3NO9Si. The Bertz CT molecular complexity index is 1630. The standard InChI is InChI=1S/C38H44Cl3NO9Si/c1-23(2)52(24(3)4,25(5)6)46-22-29-30(48-33(43)26-16-10-7-11-17-26)31(49-34(44)27-18-12-8-13-19-27)32(36(47-29)51-37(42)38(39,40)41)50-35(45)28-20-14-9-15-21-28/h7-21,23-25,29-32,36,42H,22H2,1-6H3/t29-,30-,31+,32-,36-/m1/s1. The Hall–Kier alpha value is -3.45. The van der Waals surface area contributed by atoms with Crippen LogP contribution >= 0.6 is 34.8 Å². The summed E-state index contributed by atoms with van der Waals surface area (Å²) in [7, 11) is -2.58. The van der Waals surface area contributed by atoms with Crippen molar-refractivity contribution in [3.05, 3.63) is 108 Å². The zero-order chi connectivity index (χ0) is 38.2.